The lowest BCUT2D eigenvalue weighted by Gasteiger charge is -2.38. The molecule has 0 saturated carbocycles. The van der Waals surface area contributed by atoms with Crippen LogP contribution in [0.25, 0.3) is 0 Å². The summed E-state index contributed by atoms with van der Waals surface area (Å²) in [5.74, 6) is -0.536. The molecule has 0 radical (unpaired) electrons. The lowest BCUT2D eigenvalue weighted by Crippen LogP contribution is -2.54. The van der Waals surface area contributed by atoms with E-state index < -0.39 is 0 Å². The number of carbonyl (C=O) groups excluding carboxylic acids is 2. The van der Waals surface area contributed by atoms with E-state index in [4.69, 9.17) is 0 Å². The fraction of sp³-hybridized carbons (Fsp3) is 0.500. The Morgan fingerprint density at radius 3 is 2.27 bits per heavy atom. The van der Waals surface area contributed by atoms with E-state index in [0.717, 1.165) is 25.7 Å². The number of amides is 3. The third kappa shape index (κ3) is 2.77. The summed E-state index contributed by atoms with van der Waals surface area (Å²) in [6, 6.07) is 5.96. The molecule has 2 heterocycles. The molecule has 0 aromatic heterocycles. The van der Waals surface area contributed by atoms with Gasteiger partial charge in [-0.2, -0.15) is 0 Å². The first kappa shape index (κ1) is 14.8. The largest absolute Gasteiger partial charge is 0.349 e. The minimum atomic E-state index is -0.353. The van der Waals surface area contributed by atoms with Crippen LogP contribution in [0.4, 0.5) is 9.18 Å². The number of piperidine rings is 1. The number of carbonyl (C=O) groups is 2. The molecule has 5 nitrogen and oxygen atoms in total. The number of fused-ring (bicyclic) bond motifs is 2. The van der Waals surface area contributed by atoms with E-state index in [1.165, 1.54) is 24.3 Å². The number of nitrogens with one attached hydrogen (secondary N) is 2. The number of benzene rings is 1. The van der Waals surface area contributed by atoms with E-state index >= 15 is 0 Å². The van der Waals surface area contributed by atoms with Gasteiger partial charge in [0, 0.05) is 30.7 Å². The summed E-state index contributed by atoms with van der Waals surface area (Å²) in [4.78, 5) is 26.0. The van der Waals surface area contributed by atoms with Crippen molar-refractivity contribution >= 4 is 11.9 Å². The standard InChI is InChI=1S/C16H20FN3O2/c1-18-16(22)20-13-6-7-14(20)9-12(8-13)19-15(21)10-2-4-11(17)5-3-10/h2-5,12-14H,6-9H2,1H3,(H,18,22)(H,19,21)/t12?,13-,14+. The molecule has 3 amide bonds. The van der Waals surface area contributed by atoms with Gasteiger partial charge in [-0.25, -0.2) is 9.18 Å². The Labute approximate surface area is 128 Å². The highest BCUT2D eigenvalue weighted by Crippen LogP contribution is 2.35. The monoisotopic (exact) mass is 305 g/mol. The number of hydrogen-bond donors (Lipinski definition) is 2. The second-order valence-electron chi connectivity index (χ2n) is 6.00. The molecule has 118 valence electrons. The van der Waals surface area contributed by atoms with Gasteiger partial charge in [0.25, 0.3) is 5.91 Å². The van der Waals surface area contributed by atoms with Crippen molar-refractivity contribution in [3.63, 3.8) is 0 Å². The molecule has 22 heavy (non-hydrogen) atoms. The Bertz CT molecular complexity index is 561. The van der Waals surface area contributed by atoms with Gasteiger partial charge < -0.3 is 15.5 Å². The van der Waals surface area contributed by atoms with E-state index in [-0.39, 0.29) is 35.9 Å². The van der Waals surface area contributed by atoms with Crippen LogP contribution in [0.15, 0.2) is 24.3 Å². The van der Waals surface area contributed by atoms with Crippen LogP contribution >= 0.6 is 0 Å². The summed E-state index contributed by atoms with van der Waals surface area (Å²) in [5, 5.41) is 5.70. The van der Waals surface area contributed by atoms with Gasteiger partial charge in [-0.05, 0) is 49.9 Å². The van der Waals surface area contributed by atoms with Crippen LogP contribution in [-0.2, 0) is 0 Å². The quantitative estimate of drug-likeness (QED) is 0.876. The van der Waals surface area contributed by atoms with Crippen molar-refractivity contribution in [1.82, 2.24) is 15.5 Å². The molecule has 3 rings (SSSR count). The SMILES string of the molecule is CNC(=O)N1[C@@H]2CC[C@H]1CC(NC(=O)c1ccc(F)cc1)C2. The molecule has 6 heteroatoms. The number of halogens is 1. The number of rotatable bonds is 2. The van der Waals surface area contributed by atoms with Crippen LogP contribution in [0.1, 0.15) is 36.0 Å². The Morgan fingerprint density at radius 1 is 1.14 bits per heavy atom. The van der Waals surface area contributed by atoms with Gasteiger partial charge in [-0.3, -0.25) is 4.79 Å². The molecule has 2 aliphatic heterocycles. The molecule has 2 saturated heterocycles. The number of nitrogens with zero attached hydrogens (tertiary/aromatic N) is 1. The topological polar surface area (TPSA) is 61.4 Å². The van der Waals surface area contributed by atoms with Crippen LogP contribution in [-0.4, -0.2) is 42.0 Å². The highest BCUT2D eigenvalue weighted by molar-refractivity contribution is 5.94. The minimum Gasteiger partial charge on any atom is -0.349 e. The van der Waals surface area contributed by atoms with Gasteiger partial charge in [0.1, 0.15) is 5.82 Å². The minimum absolute atomic E-state index is 0.0317. The summed E-state index contributed by atoms with van der Waals surface area (Å²) in [6.45, 7) is 0. The lowest BCUT2D eigenvalue weighted by molar-refractivity contribution is 0.0886. The van der Waals surface area contributed by atoms with E-state index in [9.17, 15) is 14.0 Å². The van der Waals surface area contributed by atoms with Gasteiger partial charge in [0.05, 0.1) is 0 Å². The maximum absolute atomic E-state index is 12.9. The summed E-state index contributed by atoms with van der Waals surface area (Å²) >= 11 is 0. The molecule has 0 spiro atoms. The molecule has 1 unspecified atom stereocenters. The van der Waals surface area contributed by atoms with Crippen LogP contribution in [0.5, 0.6) is 0 Å². The second kappa shape index (κ2) is 5.94. The zero-order valence-electron chi connectivity index (χ0n) is 12.5. The molecular weight excluding hydrogens is 285 g/mol. The average Bonchev–Trinajstić information content (AvgIpc) is 2.78. The number of urea groups is 1. The van der Waals surface area contributed by atoms with Gasteiger partial charge in [-0.15, -0.1) is 0 Å². The molecule has 2 bridgehead atoms. The zero-order chi connectivity index (χ0) is 15.7. The fourth-order valence-corrected chi connectivity index (χ4v) is 3.63. The van der Waals surface area contributed by atoms with Gasteiger partial charge in [0.2, 0.25) is 0 Å². The average molecular weight is 305 g/mol. The Morgan fingerprint density at radius 2 is 1.73 bits per heavy atom. The van der Waals surface area contributed by atoms with Gasteiger partial charge >= 0.3 is 6.03 Å². The normalized spacial score (nSPS) is 26.6. The van der Waals surface area contributed by atoms with Gasteiger partial charge in [-0.1, -0.05) is 0 Å². The first-order valence-corrected chi connectivity index (χ1v) is 7.65. The van der Waals surface area contributed by atoms with Crippen molar-refractivity contribution in [2.75, 3.05) is 7.05 Å². The lowest BCUT2D eigenvalue weighted by atomic mass is 9.97. The summed E-state index contributed by atoms with van der Waals surface area (Å²) in [5.41, 5.74) is 0.461. The fourth-order valence-electron chi connectivity index (χ4n) is 3.63. The van der Waals surface area contributed by atoms with Crippen molar-refractivity contribution in [3.05, 3.63) is 35.6 Å². The van der Waals surface area contributed by atoms with Gasteiger partial charge in [0.15, 0.2) is 0 Å². The van der Waals surface area contributed by atoms with E-state index in [1.807, 2.05) is 4.90 Å². The second-order valence-corrected chi connectivity index (χ2v) is 6.00. The van der Waals surface area contributed by atoms with Crippen LogP contribution in [0.2, 0.25) is 0 Å². The highest BCUT2D eigenvalue weighted by Gasteiger charge is 2.43. The molecular formula is C16H20FN3O2. The molecule has 2 aliphatic rings. The first-order valence-electron chi connectivity index (χ1n) is 7.65. The summed E-state index contributed by atoms with van der Waals surface area (Å²) < 4.78 is 12.9. The predicted molar refractivity (Wildman–Crippen MR) is 80.0 cm³/mol. The molecule has 0 aliphatic carbocycles. The Kier molecular flexibility index (Phi) is 4.00. The van der Waals surface area contributed by atoms with Crippen LogP contribution in [0, 0.1) is 5.82 Å². The van der Waals surface area contributed by atoms with E-state index in [2.05, 4.69) is 10.6 Å². The molecule has 2 fully saturated rings. The van der Waals surface area contributed by atoms with E-state index in [1.54, 1.807) is 7.05 Å². The molecule has 2 N–H and O–H groups in total. The maximum Gasteiger partial charge on any atom is 0.317 e. The smallest absolute Gasteiger partial charge is 0.317 e. The Balaban J connectivity index is 1.63. The van der Waals surface area contributed by atoms with Crippen molar-refractivity contribution in [3.8, 4) is 0 Å². The highest BCUT2D eigenvalue weighted by atomic mass is 19.1. The molecule has 3 atom stereocenters. The van der Waals surface area contributed by atoms with E-state index in [0.29, 0.717) is 5.56 Å². The molecule has 1 aromatic rings. The van der Waals surface area contributed by atoms with Crippen molar-refractivity contribution in [1.29, 1.82) is 0 Å². The number of hydrogen-bond acceptors (Lipinski definition) is 2. The molecule has 1 aromatic carbocycles. The first-order chi connectivity index (χ1) is 10.6. The third-order valence-electron chi connectivity index (χ3n) is 4.62. The third-order valence-corrected chi connectivity index (χ3v) is 4.62. The van der Waals surface area contributed by atoms with Crippen molar-refractivity contribution in [2.45, 2.75) is 43.8 Å². The summed E-state index contributed by atoms with van der Waals surface area (Å²) in [7, 11) is 1.64. The van der Waals surface area contributed by atoms with Crippen molar-refractivity contribution in [2.24, 2.45) is 0 Å². The predicted octanol–water partition coefficient (Wildman–Crippen LogP) is 1.89. The Hall–Kier alpha value is -2.11. The van der Waals surface area contributed by atoms with Crippen molar-refractivity contribution < 1.29 is 14.0 Å². The summed E-state index contributed by atoms with van der Waals surface area (Å²) in [6.07, 6.45) is 3.52. The van der Waals surface area contributed by atoms with Crippen LogP contribution < -0.4 is 10.6 Å². The zero-order valence-corrected chi connectivity index (χ0v) is 12.5. The maximum atomic E-state index is 12.9. The van der Waals surface area contributed by atoms with Crippen LogP contribution in [0.3, 0.4) is 0 Å².